The Hall–Kier alpha value is -3.76. The summed E-state index contributed by atoms with van der Waals surface area (Å²) in [5.41, 5.74) is 18.3. The molecule has 2 aromatic rings. The van der Waals surface area contributed by atoms with Crippen LogP contribution in [0.25, 0.3) is 5.70 Å². The van der Waals surface area contributed by atoms with Crippen LogP contribution in [0.15, 0.2) is 36.3 Å². The number of piperidine rings is 1. The molecule has 2 aliphatic heterocycles. The molecule has 2 atom stereocenters. The minimum absolute atomic E-state index is 0.0246. The largest absolute Gasteiger partial charge is 0.393 e. The Bertz CT molecular complexity index is 988. The Labute approximate surface area is 199 Å². The van der Waals surface area contributed by atoms with Crippen LogP contribution in [0.4, 0.5) is 17.3 Å². The molecule has 0 saturated carbocycles. The van der Waals surface area contributed by atoms with E-state index in [4.69, 9.17) is 17.2 Å². The lowest BCUT2D eigenvalue weighted by molar-refractivity contribution is -0.385. The number of carbonyl (C=O) groups excluding carboxylic acids is 1. The van der Waals surface area contributed by atoms with Gasteiger partial charge in [-0.2, -0.15) is 0 Å². The third kappa shape index (κ3) is 5.59. The highest BCUT2D eigenvalue weighted by atomic mass is 16.6. The fraction of sp³-hybridized carbons (Fsp3) is 0.478. The zero-order valence-electron chi connectivity index (χ0n) is 20.2. The summed E-state index contributed by atoms with van der Waals surface area (Å²) in [5, 5.41) is 14.3. The lowest BCUT2D eigenvalue weighted by Gasteiger charge is -2.40. The van der Waals surface area contributed by atoms with Crippen LogP contribution in [0.1, 0.15) is 58.9 Å². The Balaban J connectivity index is 0.000000970. The molecular weight excluding hydrogens is 436 g/mol. The van der Waals surface area contributed by atoms with Gasteiger partial charge in [0.1, 0.15) is 23.5 Å². The minimum Gasteiger partial charge on any atom is -0.393 e. The summed E-state index contributed by atoms with van der Waals surface area (Å²) in [6.07, 6.45) is 6.57. The SMILES string of the molecule is CC.CC.NC(=O)/C(N)=C(\NC1CC2CCC(C1)N2c1ccc([N+](=O)[O-])cn1)c1cc[nH]c1N. The van der Waals surface area contributed by atoms with E-state index in [0.29, 0.717) is 17.1 Å². The van der Waals surface area contributed by atoms with Crippen molar-refractivity contribution in [1.82, 2.24) is 15.3 Å². The molecule has 0 aliphatic carbocycles. The number of hydrogen-bond donors (Lipinski definition) is 5. The first kappa shape index (κ1) is 26.5. The van der Waals surface area contributed by atoms with Gasteiger partial charge in [-0.25, -0.2) is 4.98 Å². The number of fused-ring (bicyclic) bond motifs is 2. The predicted octanol–water partition coefficient (Wildman–Crippen LogP) is 2.85. The first-order chi connectivity index (χ1) is 16.3. The monoisotopic (exact) mass is 472 g/mol. The molecule has 34 heavy (non-hydrogen) atoms. The molecule has 0 spiro atoms. The molecule has 4 heterocycles. The molecule has 4 rings (SSSR count). The Morgan fingerprint density at radius 1 is 1.15 bits per heavy atom. The Morgan fingerprint density at radius 2 is 1.76 bits per heavy atom. The number of H-pyrrole nitrogens is 1. The van der Waals surface area contributed by atoms with E-state index >= 15 is 0 Å². The maximum absolute atomic E-state index is 11.7. The fourth-order valence-corrected chi connectivity index (χ4v) is 4.54. The molecule has 2 unspecified atom stereocenters. The van der Waals surface area contributed by atoms with E-state index in [1.807, 2.05) is 27.7 Å². The van der Waals surface area contributed by atoms with Crippen molar-refractivity contribution in [1.29, 1.82) is 0 Å². The van der Waals surface area contributed by atoms with Gasteiger partial charge >= 0.3 is 0 Å². The molecule has 11 nitrogen and oxygen atoms in total. The highest BCUT2D eigenvalue weighted by molar-refractivity contribution is 5.99. The summed E-state index contributed by atoms with van der Waals surface area (Å²) in [4.78, 5) is 31.6. The fourth-order valence-electron chi connectivity index (χ4n) is 4.54. The summed E-state index contributed by atoms with van der Waals surface area (Å²) < 4.78 is 0. The maximum atomic E-state index is 11.7. The van der Waals surface area contributed by atoms with E-state index in [9.17, 15) is 14.9 Å². The number of aromatic nitrogens is 2. The number of nitrogens with zero attached hydrogens (tertiary/aromatic N) is 3. The lowest BCUT2D eigenvalue weighted by Crippen LogP contribution is -2.49. The van der Waals surface area contributed by atoms with Gasteiger partial charge in [0.15, 0.2) is 0 Å². The molecule has 2 aliphatic rings. The molecule has 2 aromatic heterocycles. The van der Waals surface area contributed by atoms with Crippen LogP contribution >= 0.6 is 0 Å². The van der Waals surface area contributed by atoms with Crippen molar-refractivity contribution in [3.8, 4) is 0 Å². The summed E-state index contributed by atoms with van der Waals surface area (Å²) in [7, 11) is 0. The number of nitrogens with two attached hydrogens (primary N) is 3. The lowest BCUT2D eigenvalue weighted by atomic mass is 9.96. The second-order valence-corrected chi connectivity index (χ2v) is 7.69. The standard InChI is InChI=1S/C19H24N8O3.2C2H6/c20-16(19(22)28)17(14-5-6-23-18(14)21)25-10-7-11-1-2-12(8-10)26(11)15-4-3-13(9-24-15)27(29)30;2*1-2/h3-6,9-12,23,25H,1-2,7-8,20-21H2,(H2,22,28);2*1-2H3/b17-16+;;. The number of rotatable bonds is 6. The normalized spacial score (nSPS) is 21.3. The average molecular weight is 473 g/mol. The molecule has 0 aromatic carbocycles. The molecule has 2 fully saturated rings. The molecule has 8 N–H and O–H groups in total. The molecule has 0 radical (unpaired) electrons. The highest BCUT2D eigenvalue weighted by Crippen LogP contribution is 2.39. The zero-order valence-corrected chi connectivity index (χ0v) is 20.2. The van der Waals surface area contributed by atoms with Crippen LogP contribution in [-0.2, 0) is 4.79 Å². The van der Waals surface area contributed by atoms with Gasteiger partial charge in [0.2, 0.25) is 0 Å². The van der Waals surface area contributed by atoms with Crippen molar-refractivity contribution in [2.24, 2.45) is 11.5 Å². The van der Waals surface area contributed by atoms with Crippen LogP contribution in [0.2, 0.25) is 0 Å². The number of nitrogen functional groups attached to an aromatic ring is 1. The average Bonchev–Trinajstić information content (AvgIpc) is 3.39. The van der Waals surface area contributed by atoms with E-state index in [1.165, 1.54) is 12.3 Å². The van der Waals surface area contributed by atoms with E-state index in [1.54, 1.807) is 18.3 Å². The van der Waals surface area contributed by atoms with Crippen molar-refractivity contribution >= 4 is 28.9 Å². The third-order valence-electron chi connectivity index (χ3n) is 5.87. The molecule has 186 valence electrons. The van der Waals surface area contributed by atoms with E-state index in [0.717, 1.165) is 31.5 Å². The Kier molecular flexibility index (Phi) is 9.28. The van der Waals surface area contributed by atoms with Gasteiger partial charge in [0.05, 0.1) is 10.6 Å². The van der Waals surface area contributed by atoms with Crippen molar-refractivity contribution in [2.75, 3.05) is 10.6 Å². The van der Waals surface area contributed by atoms with Crippen LogP contribution in [0.5, 0.6) is 0 Å². The van der Waals surface area contributed by atoms with Crippen molar-refractivity contribution in [3.05, 3.63) is 52.0 Å². The van der Waals surface area contributed by atoms with Crippen LogP contribution in [0, 0.1) is 10.1 Å². The smallest absolute Gasteiger partial charge is 0.287 e. The molecular formula is C23H36N8O3. The number of nitro groups is 1. The quantitative estimate of drug-likeness (QED) is 0.241. The molecule has 11 heteroatoms. The molecule has 2 bridgehead atoms. The second-order valence-electron chi connectivity index (χ2n) is 7.69. The number of carbonyl (C=O) groups is 1. The number of primary amides is 1. The maximum Gasteiger partial charge on any atom is 0.287 e. The van der Waals surface area contributed by atoms with Gasteiger partial charge in [0.25, 0.3) is 11.6 Å². The number of hydrogen-bond acceptors (Lipinski definition) is 8. The van der Waals surface area contributed by atoms with Crippen LogP contribution < -0.4 is 27.4 Å². The van der Waals surface area contributed by atoms with E-state index in [-0.39, 0.29) is 29.5 Å². The van der Waals surface area contributed by atoms with Gasteiger partial charge in [0, 0.05) is 36.0 Å². The van der Waals surface area contributed by atoms with Gasteiger partial charge in [-0.05, 0) is 37.8 Å². The number of aromatic amines is 1. The summed E-state index contributed by atoms with van der Waals surface area (Å²) in [5.74, 6) is 0.430. The first-order valence-electron chi connectivity index (χ1n) is 11.7. The minimum atomic E-state index is -0.714. The number of nitrogens with one attached hydrogen (secondary N) is 2. The van der Waals surface area contributed by atoms with Crippen molar-refractivity contribution in [2.45, 2.75) is 71.5 Å². The highest BCUT2D eigenvalue weighted by Gasteiger charge is 2.42. The van der Waals surface area contributed by atoms with Crippen molar-refractivity contribution in [3.63, 3.8) is 0 Å². The van der Waals surface area contributed by atoms with Gasteiger partial charge in [-0.15, -0.1) is 0 Å². The van der Waals surface area contributed by atoms with Gasteiger partial charge in [-0.3, -0.25) is 14.9 Å². The van der Waals surface area contributed by atoms with Crippen LogP contribution in [0.3, 0.4) is 0 Å². The second kappa shape index (κ2) is 11.9. The third-order valence-corrected chi connectivity index (χ3v) is 5.87. The van der Waals surface area contributed by atoms with E-state index in [2.05, 4.69) is 20.2 Å². The first-order valence-corrected chi connectivity index (χ1v) is 11.7. The number of pyridine rings is 1. The van der Waals surface area contributed by atoms with Gasteiger partial charge in [-0.1, -0.05) is 27.7 Å². The van der Waals surface area contributed by atoms with E-state index < -0.39 is 10.8 Å². The summed E-state index contributed by atoms with van der Waals surface area (Å²) >= 11 is 0. The summed E-state index contributed by atoms with van der Waals surface area (Å²) in [6, 6.07) is 5.46. The summed E-state index contributed by atoms with van der Waals surface area (Å²) in [6.45, 7) is 8.00. The number of amides is 1. The molecule has 2 saturated heterocycles. The Morgan fingerprint density at radius 3 is 2.21 bits per heavy atom. The van der Waals surface area contributed by atoms with Crippen LogP contribution in [-0.4, -0.2) is 38.9 Å². The van der Waals surface area contributed by atoms with Gasteiger partial charge < -0.3 is 32.4 Å². The zero-order chi connectivity index (χ0) is 25.4. The number of anilines is 2. The topological polar surface area (TPSA) is 182 Å². The predicted molar refractivity (Wildman–Crippen MR) is 135 cm³/mol. The van der Waals surface area contributed by atoms with Crippen molar-refractivity contribution < 1.29 is 9.72 Å². The molecule has 1 amide bonds.